The van der Waals surface area contributed by atoms with Crippen molar-refractivity contribution in [1.29, 1.82) is 0 Å². The highest BCUT2D eigenvalue weighted by atomic mass is 16.7. The summed E-state index contributed by atoms with van der Waals surface area (Å²) in [7, 11) is 0. The van der Waals surface area contributed by atoms with Crippen LogP contribution in [-0.2, 0) is 33.5 Å². The highest BCUT2D eigenvalue weighted by Crippen LogP contribution is 2.62. The van der Waals surface area contributed by atoms with Gasteiger partial charge in [-0.3, -0.25) is 9.59 Å². The number of carbonyl (C=O) groups is 4. The molecular weight excluding hydrogens is 510 g/mol. The molecule has 8 heteroatoms. The first-order valence-corrected chi connectivity index (χ1v) is 12.1. The Morgan fingerprint density at radius 3 is 2.00 bits per heavy atom. The summed E-state index contributed by atoms with van der Waals surface area (Å²) in [5.41, 5.74) is -0.189. The van der Waals surface area contributed by atoms with E-state index in [1.807, 2.05) is 20.8 Å². The van der Waals surface area contributed by atoms with Crippen molar-refractivity contribution in [3.8, 4) is 71.5 Å². The van der Waals surface area contributed by atoms with E-state index in [1.54, 1.807) is 6.92 Å². The smallest absolute Gasteiger partial charge is 0.346 e. The molecule has 0 aliphatic heterocycles. The Hall–Kier alpha value is -5.15. The molecule has 2 unspecified atom stereocenters. The number of hydrogen-bond acceptors (Lipinski definition) is 8. The van der Waals surface area contributed by atoms with Crippen LogP contribution < -0.4 is 0 Å². The molecular formula is C32H29NO7. The molecule has 0 aromatic rings. The second kappa shape index (κ2) is 16.0. The maximum Gasteiger partial charge on any atom is 0.346 e. The third-order valence-electron chi connectivity index (χ3n) is 6.45. The Morgan fingerprint density at radius 2 is 1.50 bits per heavy atom. The summed E-state index contributed by atoms with van der Waals surface area (Å²) in [5.74, 6) is 24.4. The van der Waals surface area contributed by atoms with E-state index in [9.17, 15) is 19.2 Å². The predicted molar refractivity (Wildman–Crippen MR) is 148 cm³/mol. The molecule has 0 radical (unpaired) electrons. The summed E-state index contributed by atoms with van der Waals surface area (Å²) >= 11 is 0. The number of terminal acetylenes is 1. The number of ether oxygens (including phenoxy) is 2. The highest BCUT2D eigenvalue weighted by molar-refractivity contribution is 6.45. The van der Waals surface area contributed by atoms with Crippen LogP contribution in [0.25, 0.3) is 0 Å². The topological polar surface area (TPSA) is 108 Å². The van der Waals surface area contributed by atoms with Gasteiger partial charge in [-0.15, -0.1) is 6.42 Å². The van der Waals surface area contributed by atoms with Crippen LogP contribution in [0.4, 0.5) is 0 Å². The minimum atomic E-state index is -0.914. The van der Waals surface area contributed by atoms with Crippen molar-refractivity contribution in [2.75, 3.05) is 13.2 Å². The summed E-state index contributed by atoms with van der Waals surface area (Å²) in [6.45, 7) is 12.3. The van der Waals surface area contributed by atoms with Crippen molar-refractivity contribution in [2.24, 2.45) is 21.9 Å². The molecule has 2 aliphatic rings. The van der Waals surface area contributed by atoms with Crippen LogP contribution in [0.3, 0.4) is 0 Å². The van der Waals surface area contributed by atoms with Gasteiger partial charge in [0.05, 0.1) is 0 Å². The van der Waals surface area contributed by atoms with Crippen molar-refractivity contribution in [3.05, 3.63) is 12.2 Å². The molecule has 40 heavy (non-hydrogen) atoms. The average Bonchev–Trinajstić information content (AvgIpc) is 3.21. The molecule has 2 saturated carbocycles. The summed E-state index contributed by atoms with van der Waals surface area (Å²) in [5, 5.41) is 3.78. The van der Waals surface area contributed by atoms with Crippen molar-refractivity contribution >= 4 is 29.4 Å². The van der Waals surface area contributed by atoms with E-state index in [0.717, 1.165) is 12.8 Å². The molecule has 2 aliphatic carbocycles. The van der Waals surface area contributed by atoms with Crippen molar-refractivity contribution < 1.29 is 33.5 Å². The number of fused-ring (bicyclic) bond motifs is 2. The lowest BCUT2D eigenvalue weighted by Gasteiger charge is -2.32. The first kappa shape index (κ1) is 32.9. The van der Waals surface area contributed by atoms with Gasteiger partial charge in [-0.25, -0.2) is 9.59 Å². The summed E-state index contributed by atoms with van der Waals surface area (Å²) in [6, 6.07) is 0. The molecule has 0 saturated heterocycles. The Bertz CT molecular complexity index is 1450. The van der Waals surface area contributed by atoms with Gasteiger partial charge < -0.3 is 14.3 Å². The number of rotatable bonds is 7. The molecule has 0 amide bonds. The summed E-state index contributed by atoms with van der Waals surface area (Å²) in [6.07, 6.45) is 5.82. The third kappa shape index (κ3) is 9.30. The third-order valence-corrected chi connectivity index (χ3v) is 6.45. The van der Waals surface area contributed by atoms with E-state index in [0.29, 0.717) is 0 Å². The molecule has 2 rings (SSSR count). The van der Waals surface area contributed by atoms with Crippen LogP contribution in [0.2, 0.25) is 0 Å². The maximum atomic E-state index is 12.4. The van der Waals surface area contributed by atoms with Crippen molar-refractivity contribution in [3.63, 3.8) is 0 Å². The van der Waals surface area contributed by atoms with Gasteiger partial charge in [0.2, 0.25) is 0 Å². The molecule has 0 aromatic heterocycles. The molecule has 2 atom stereocenters. The van der Waals surface area contributed by atoms with Crippen LogP contribution >= 0.6 is 0 Å². The first-order valence-electron chi connectivity index (χ1n) is 12.1. The minimum Gasteiger partial charge on any atom is -0.462 e. The fourth-order valence-electron chi connectivity index (χ4n) is 3.99. The number of carbonyl (C=O) groups excluding carboxylic acids is 4. The Balaban J connectivity index is 0.000000520. The quantitative estimate of drug-likeness (QED) is 0.0931. The highest BCUT2D eigenvalue weighted by Gasteiger charge is 2.65. The number of hydrogen-bond donors (Lipinski definition) is 0. The minimum absolute atomic E-state index is 0.0940. The fraction of sp³-hybridized carbons (Fsp3) is 0.406. The van der Waals surface area contributed by atoms with E-state index < -0.39 is 29.7 Å². The van der Waals surface area contributed by atoms with Gasteiger partial charge in [-0.2, -0.15) is 0 Å². The largest absolute Gasteiger partial charge is 0.462 e. The maximum absolute atomic E-state index is 12.4. The zero-order valence-corrected chi connectivity index (χ0v) is 23.2. The average molecular weight is 540 g/mol. The lowest BCUT2D eigenvalue weighted by atomic mass is 9.70. The SMILES string of the molecule is C#CC#CC#CC#CC#CC#CC.C=C(C)C(=O)OCCOC(=O)CC(=O)O/N=C1/C(=O)C2CCC1(C)C2(C)C. The van der Waals surface area contributed by atoms with E-state index in [-0.39, 0.29) is 41.6 Å². The lowest BCUT2D eigenvalue weighted by Crippen LogP contribution is -2.34. The molecule has 2 fully saturated rings. The summed E-state index contributed by atoms with van der Waals surface area (Å²) in [4.78, 5) is 51.7. The van der Waals surface area contributed by atoms with Crippen LogP contribution in [0.5, 0.6) is 0 Å². The van der Waals surface area contributed by atoms with Crippen LogP contribution in [0, 0.1) is 88.3 Å². The molecule has 204 valence electrons. The molecule has 2 bridgehead atoms. The number of esters is 2. The normalized spacial score (nSPS) is 19.2. The van der Waals surface area contributed by atoms with Gasteiger partial charge in [0, 0.05) is 16.9 Å². The first-order chi connectivity index (χ1) is 18.9. The van der Waals surface area contributed by atoms with Crippen LogP contribution in [-0.4, -0.2) is 42.6 Å². The van der Waals surface area contributed by atoms with Crippen molar-refractivity contribution in [2.45, 2.75) is 53.9 Å². The Labute approximate surface area is 235 Å². The van der Waals surface area contributed by atoms with E-state index in [1.165, 1.54) is 6.92 Å². The lowest BCUT2D eigenvalue weighted by molar-refractivity contribution is -0.157. The van der Waals surface area contributed by atoms with Crippen LogP contribution in [0.1, 0.15) is 53.9 Å². The number of nitrogens with zero attached hydrogens (tertiary/aromatic N) is 1. The van der Waals surface area contributed by atoms with Gasteiger partial charge in [0.15, 0.2) is 5.78 Å². The Kier molecular flexibility index (Phi) is 13.1. The Morgan fingerprint density at radius 1 is 0.950 bits per heavy atom. The fourth-order valence-corrected chi connectivity index (χ4v) is 3.99. The molecule has 0 N–H and O–H groups in total. The predicted octanol–water partition coefficient (Wildman–Crippen LogP) is 2.62. The second-order valence-corrected chi connectivity index (χ2v) is 9.25. The molecule has 0 spiro atoms. The van der Waals surface area contributed by atoms with Gasteiger partial charge in [-0.05, 0) is 91.3 Å². The molecule has 0 heterocycles. The second-order valence-electron chi connectivity index (χ2n) is 9.25. The molecule has 8 nitrogen and oxygen atoms in total. The van der Waals surface area contributed by atoms with Crippen molar-refractivity contribution in [1.82, 2.24) is 0 Å². The van der Waals surface area contributed by atoms with Crippen LogP contribution in [0.15, 0.2) is 17.3 Å². The van der Waals surface area contributed by atoms with Gasteiger partial charge >= 0.3 is 17.9 Å². The number of oxime groups is 1. The zero-order valence-electron chi connectivity index (χ0n) is 23.2. The van der Waals surface area contributed by atoms with E-state index in [2.05, 4.69) is 76.9 Å². The summed E-state index contributed by atoms with van der Waals surface area (Å²) < 4.78 is 9.53. The van der Waals surface area contributed by atoms with Gasteiger partial charge in [0.1, 0.15) is 25.3 Å². The number of Topliss-reactive ketones (excluding diaryl/α,β-unsaturated/α-hetero) is 1. The van der Waals surface area contributed by atoms with E-state index in [4.69, 9.17) is 20.7 Å². The monoisotopic (exact) mass is 539 g/mol. The van der Waals surface area contributed by atoms with Gasteiger partial charge in [-0.1, -0.05) is 38.4 Å². The number of ketones is 1. The molecule has 0 aromatic carbocycles. The van der Waals surface area contributed by atoms with E-state index >= 15 is 0 Å². The van der Waals surface area contributed by atoms with Gasteiger partial charge in [0.25, 0.3) is 0 Å². The standard InChI is InChI=1S/C19H25NO7.C13H4/c1-11(2)17(24)26-9-8-25-13(21)10-14(22)27-20-16-15(23)12-6-7-19(16,5)18(12,3)4;1-3-5-7-9-11-13-12-10-8-6-4-2/h12H,1,6-10H2,2-5H3;1H,2H3/b20-16-;. The zero-order chi connectivity index (χ0) is 30.2.